The van der Waals surface area contributed by atoms with Gasteiger partial charge in [0.1, 0.15) is 0 Å². The minimum absolute atomic E-state index is 0.0946. The average molecular weight is 684 g/mol. The van der Waals surface area contributed by atoms with Crippen LogP contribution in [0, 0.1) is 0 Å². The zero-order chi connectivity index (χ0) is 34.9. The summed E-state index contributed by atoms with van der Waals surface area (Å²) in [5, 5.41) is 0. The lowest BCUT2D eigenvalue weighted by molar-refractivity contribution is -0.447. The Morgan fingerprint density at radius 3 is 1.64 bits per heavy atom. The summed E-state index contributed by atoms with van der Waals surface area (Å²) in [6.45, 7) is -1.27. The lowest BCUT2D eigenvalue weighted by atomic mass is 9.89. The number of hydrogen-bond acceptors (Lipinski definition) is 4. The standard InChI is InChI=1S/C25H20F16N2O2/c1-2-3-4-5-13-10-42-16(43-11-13)14-6-8-15(9-7-14)17(44)45-12-19(28,29)21(32,33)23(36,37)25(40,41)24(38,39)22(34,35)20(30,31)18(26)27/h6-11,18H,2-5,12H2,1H3. The van der Waals surface area contributed by atoms with Crippen LogP contribution in [0.1, 0.15) is 42.1 Å². The van der Waals surface area contributed by atoms with Gasteiger partial charge < -0.3 is 4.74 Å². The zero-order valence-corrected chi connectivity index (χ0v) is 22.3. The van der Waals surface area contributed by atoms with Gasteiger partial charge in [-0.15, -0.1) is 0 Å². The van der Waals surface area contributed by atoms with Gasteiger partial charge in [0, 0.05) is 18.0 Å². The molecule has 2 aromatic rings. The van der Waals surface area contributed by atoms with Crippen LogP contribution in [0.4, 0.5) is 70.2 Å². The Kier molecular flexibility index (Phi) is 10.8. The number of carbonyl (C=O) groups is 1. The molecule has 45 heavy (non-hydrogen) atoms. The molecule has 0 saturated carbocycles. The highest BCUT2D eigenvalue weighted by Gasteiger charge is 2.93. The van der Waals surface area contributed by atoms with Crippen LogP contribution >= 0.6 is 0 Å². The first-order valence-electron chi connectivity index (χ1n) is 12.3. The number of carbonyl (C=O) groups excluding carboxylic acids is 1. The molecule has 0 aliphatic rings. The predicted molar refractivity (Wildman–Crippen MR) is 122 cm³/mol. The summed E-state index contributed by atoms with van der Waals surface area (Å²) in [6, 6.07) is 3.78. The van der Waals surface area contributed by atoms with E-state index >= 15 is 0 Å². The largest absolute Gasteiger partial charge is 0.455 e. The lowest BCUT2D eigenvalue weighted by Crippen LogP contribution is -2.74. The Balaban J connectivity index is 2.23. The normalized spacial score (nSPS) is 14.2. The number of nitrogens with zero attached hydrogens (tertiary/aromatic N) is 2. The number of unbranched alkanes of at least 4 members (excludes halogenated alkanes) is 2. The molecule has 0 saturated heterocycles. The molecule has 1 aromatic carbocycles. The van der Waals surface area contributed by atoms with Gasteiger partial charge in [0.15, 0.2) is 12.4 Å². The maximum absolute atomic E-state index is 14.0. The molecular formula is C25H20F16N2O2. The van der Waals surface area contributed by atoms with Crippen LogP contribution in [-0.4, -0.2) is 70.4 Å². The highest BCUT2D eigenvalue weighted by atomic mass is 19.4. The molecule has 2 rings (SSSR count). The number of rotatable bonds is 15. The number of aryl methyl sites for hydroxylation is 1. The van der Waals surface area contributed by atoms with Gasteiger partial charge in [-0.05, 0) is 30.5 Å². The number of aromatic nitrogens is 2. The zero-order valence-electron chi connectivity index (χ0n) is 22.3. The molecule has 254 valence electrons. The van der Waals surface area contributed by atoms with E-state index in [0.29, 0.717) is 6.42 Å². The van der Waals surface area contributed by atoms with Gasteiger partial charge in [0.2, 0.25) is 0 Å². The van der Waals surface area contributed by atoms with E-state index in [2.05, 4.69) is 14.7 Å². The lowest BCUT2D eigenvalue weighted by Gasteiger charge is -2.42. The molecule has 0 aliphatic carbocycles. The number of alkyl halides is 16. The number of esters is 1. The van der Waals surface area contributed by atoms with Gasteiger partial charge in [0.05, 0.1) is 5.56 Å². The summed E-state index contributed by atoms with van der Waals surface area (Å²) in [5.41, 5.74) is 0.254. The minimum atomic E-state index is -8.52. The Labute approximate surface area is 242 Å². The number of halogens is 16. The smallest absolute Gasteiger partial charge is 0.385 e. The third kappa shape index (κ3) is 6.64. The summed E-state index contributed by atoms with van der Waals surface area (Å²) in [6.07, 6.45) is 0.515. The monoisotopic (exact) mass is 684 g/mol. The van der Waals surface area contributed by atoms with Crippen molar-refractivity contribution in [2.45, 2.75) is 80.5 Å². The van der Waals surface area contributed by atoms with Gasteiger partial charge in [-0.3, -0.25) is 0 Å². The number of ether oxygens (including phenoxy) is 1. The second-order valence-corrected chi connectivity index (χ2v) is 9.53. The average Bonchev–Trinajstić information content (AvgIpc) is 2.95. The van der Waals surface area contributed by atoms with E-state index in [1.807, 2.05) is 6.92 Å². The maximum atomic E-state index is 14.0. The Morgan fingerprint density at radius 1 is 0.711 bits per heavy atom. The van der Waals surface area contributed by atoms with E-state index in [-0.39, 0.29) is 11.4 Å². The SMILES string of the molecule is CCCCCc1cnc(-c2ccc(C(=O)OCC(F)(F)C(F)(F)C(F)(F)C(F)(F)C(F)(F)C(F)(F)C(F)(F)C(F)F)cc2)nc1. The van der Waals surface area contributed by atoms with Crippen LogP contribution in [0.25, 0.3) is 11.4 Å². The fraction of sp³-hybridized carbons (Fsp3) is 0.560. The van der Waals surface area contributed by atoms with Gasteiger partial charge in [-0.1, -0.05) is 31.9 Å². The first kappa shape index (κ1) is 37.8. The molecule has 20 heteroatoms. The molecule has 1 heterocycles. The minimum Gasteiger partial charge on any atom is -0.455 e. The summed E-state index contributed by atoms with van der Waals surface area (Å²) in [4.78, 5) is 20.2. The van der Waals surface area contributed by atoms with Crippen LogP contribution in [0.5, 0.6) is 0 Å². The molecule has 0 unspecified atom stereocenters. The Hall–Kier alpha value is -3.35. The van der Waals surface area contributed by atoms with Crippen LogP contribution in [0.2, 0.25) is 0 Å². The highest BCUT2D eigenvalue weighted by molar-refractivity contribution is 5.90. The third-order valence-electron chi connectivity index (χ3n) is 6.27. The molecule has 4 nitrogen and oxygen atoms in total. The van der Waals surface area contributed by atoms with E-state index in [4.69, 9.17) is 0 Å². The molecule has 0 atom stereocenters. The van der Waals surface area contributed by atoms with Crippen LogP contribution in [-0.2, 0) is 11.2 Å². The van der Waals surface area contributed by atoms with Crippen LogP contribution < -0.4 is 0 Å². The fourth-order valence-electron chi connectivity index (χ4n) is 3.47. The van der Waals surface area contributed by atoms with Crippen molar-refractivity contribution >= 4 is 5.97 Å². The molecule has 0 fully saturated rings. The van der Waals surface area contributed by atoms with Gasteiger partial charge >= 0.3 is 53.9 Å². The quantitative estimate of drug-likeness (QED) is 0.107. The highest BCUT2D eigenvalue weighted by Crippen LogP contribution is 2.62. The van der Waals surface area contributed by atoms with Crippen molar-refractivity contribution in [1.29, 1.82) is 0 Å². The van der Waals surface area contributed by atoms with Gasteiger partial charge in [-0.25, -0.2) is 23.5 Å². The first-order chi connectivity index (χ1) is 20.3. The second kappa shape index (κ2) is 12.8. The van der Waals surface area contributed by atoms with E-state index in [1.54, 1.807) is 0 Å². The molecule has 0 amide bonds. The van der Waals surface area contributed by atoms with Gasteiger partial charge in [0.25, 0.3) is 0 Å². The first-order valence-corrected chi connectivity index (χ1v) is 12.3. The molecule has 0 bridgehead atoms. The van der Waals surface area contributed by atoms with Gasteiger partial charge in [-0.2, -0.15) is 61.5 Å². The second-order valence-electron chi connectivity index (χ2n) is 9.53. The summed E-state index contributed by atoms with van der Waals surface area (Å²) >= 11 is 0. The molecule has 0 radical (unpaired) electrons. The predicted octanol–water partition coefficient (Wildman–Crippen LogP) is 8.75. The molecule has 0 spiro atoms. The maximum Gasteiger partial charge on any atom is 0.385 e. The van der Waals surface area contributed by atoms with Crippen molar-refractivity contribution in [2.75, 3.05) is 6.61 Å². The molecule has 0 aliphatic heterocycles. The Morgan fingerprint density at radius 2 is 1.18 bits per heavy atom. The topological polar surface area (TPSA) is 52.1 Å². The fourth-order valence-corrected chi connectivity index (χ4v) is 3.47. The molecule has 0 N–H and O–H groups in total. The van der Waals surface area contributed by atoms with Crippen molar-refractivity contribution in [2.24, 2.45) is 0 Å². The number of hydrogen-bond donors (Lipinski definition) is 0. The van der Waals surface area contributed by atoms with Crippen LogP contribution in [0.3, 0.4) is 0 Å². The van der Waals surface area contributed by atoms with Crippen molar-refractivity contribution in [1.82, 2.24) is 9.97 Å². The third-order valence-corrected chi connectivity index (χ3v) is 6.27. The van der Waals surface area contributed by atoms with E-state index in [0.717, 1.165) is 49.1 Å². The summed E-state index contributed by atoms with van der Waals surface area (Å²) < 4.78 is 219. The van der Waals surface area contributed by atoms with Crippen molar-refractivity contribution in [3.05, 3.63) is 47.8 Å². The Bertz CT molecular complexity index is 1300. The van der Waals surface area contributed by atoms with E-state index in [1.165, 1.54) is 12.4 Å². The summed E-state index contributed by atoms with van der Waals surface area (Å²) in [5.74, 6) is -57.5. The van der Waals surface area contributed by atoms with Crippen LogP contribution in [0.15, 0.2) is 36.7 Å². The van der Waals surface area contributed by atoms with Crippen molar-refractivity contribution in [3.8, 4) is 11.4 Å². The number of benzene rings is 1. The molecule has 1 aromatic heterocycles. The van der Waals surface area contributed by atoms with E-state index in [9.17, 15) is 75.0 Å². The summed E-state index contributed by atoms with van der Waals surface area (Å²) in [7, 11) is 0. The van der Waals surface area contributed by atoms with Crippen molar-refractivity contribution < 1.29 is 79.8 Å². The molecular weight excluding hydrogens is 664 g/mol. The van der Waals surface area contributed by atoms with E-state index < -0.39 is 66.0 Å². The van der Waals surface area contributed by atoms with Crippen molar-refractivity contribution in [3.63, 3.8) is 0 Å².